The highest BCUT2D eigenvalue weighted by Gasteiger charge is 2.36. The van der Waals surface area contributed by atoms with E-state index in [1.54, 1.807) is 6.07 Å². The summed E-state index contributed by atoms with van der Waals surface area (Å²) in [7, 11) is 0. The van der Waals surface area contributed by atoms with Crippen LogP contribution in [0.15, 0.2) is 18.2 Å². The normalized spacial score (nSPS) is 23.9. The molecule has 0 saturated carbocycles. The van der Waals surface area contributed by atoms with E-state index in [9.17, 15) is 14.0 Å². The molecule has 0 aliphatic carbocycles. The van der Waals surface area contributed by atoms with Crippen molar-refractivity contribution in [2.45, 2.75) is 25.7 Å². The molecule has 0 radical (unpaired) electrons. The van der Waals surface area contributed by atoms with Crippen LogP contribution in [0.4, 0.5) is 4.39 Å². The first kappa shape index (κ1) is 13.0. The highest BCUT2D eigenvalue weighted by Crippen LogP contribution is 2.37. The monoisotopic (exact) mass is 269 g/mol. The maximum absolute atomic E-state index is 13.0. The summed E-state index contributed by atoms with van der Waals surface area (Å²) >= 11 is 6.00. The number of amides is 2. The average molecular weight is 270 g/mol. The van der Waals surface area contributed by atoms with Gasteiger partial charge in [0.25, 0.3) is 0 Å². The Kier molecular flexibility index (Phi) is 3.66. The topological polar surface area (TPSA) is 46.2 Å². The van der Waals surface area contributed by atoms with Crippen LogP contribution in [0.3, 0.4) is 0 Å². The van der Waals surface area contributed by atoms with Gasteiger partial charge in [0.05, 0.1) is 0 Å². The molecule has 1 saturated heterocycles. The summed E-state index contributed by atoms with van der Waals surface area (Å²) in [6.45, 7) is 1.88. The van der Waals surface area contributed by atoms with Gasteiger partial charge in [0.1, 0.15) is 5.82 Å². The van der Waals surface area contributed by atoms with Crippen molar-refractivity contribution in [2.75, 3.05) is 0 Å². The van der Waals surface area contributed by atoms with Gasteiger partial charge in [-0.3, -0.25) is 14.9 Å². The van der Waals surface area contributed by atoms with E-state index in [4.69, 9.17) is 11.6 Å². The number of halogens is 2. The molecule has 0 spiro atoms. The van der Waals surface area contributed by atoms with Crippen molar-refractivity contribution in [3.63, 3.8) is 0 Å². The molecular weight excluding hydrogens is 257 g/mol. The number of rotatable bonds is 2. The summed E-state index contributed by atoms with van der Waals surface area (Å²) in [5, 5.41) is 2.58. The Balaban J connectivity index is 2.39. The van der Waals surface area contributed by atoms with Crippen LogP contribution in [-0.2, 0) is 9.59 Å². The molecule has 3 nitrogen and oxygen atoms in total. The lowest BCUT2D eigenvalue weighted by atomic mass is 9.79. The van der Waals surface area contributed by atoms with E-state index >= 15 is 0 Å². The van der Waals surface area contributed by atoms with Crippen LogP contribution in [0.1, 0.15) is 31.2 Å². The lowest BCUT2D eigenvalue weighted by molar-refractivity contribution is -0.137. The molecule has 1 N–H and O–H groups in total. The van der Waals surface area contributed by atoms with E-state index in [2.05, 4.69) is 5.32 Å². The van der Waals surface area contributed by atoms with E-state index in [0.717, 1.165) is 0 Å². The first-order chi connectivity index (χ1) is 8.52. The number of benzene rings is 1. The molecule has 1 fully saturated rings. The molecular formula is C13H13ClFNO2. The van der Waals surface area contributed by atoms with Crippen molar-refractivity contribution in [3.8, 4) is 0 Å². The van der Waals surface area contributed by atoms with Gasteiger partial charge in [0.2, 0.25) is 11.8 Å². The maximum atomic E-state index is 13.0. The highest BCUT2D eigenvalue weighted by atomic mass is 35.5. The molecule has 5 heteroatoms. The van der Waals surface area contributed by atoms with E-state index in [1.807, 2.05) is 6.92 Å². The fraction of sp³-hybridized carbons (Fsp3) is 0.385. The minimum atomic E-state index is -0.427. The predicted molar refractivity (Wildman–Crippen MR) is 65.7 cm³/mol. The molecule has 1 aliphatic rings. The highest BCUT2D eigenvalue weighted by molar-refractivity contribution is 6.31. The Labute approximate surface area is 109 Å². The molecule has 2 rings (SSSR count). The van der Waals surface area contributed by atoms with Crippen molar-refractivity contribution in [1.82, 2.24) is 5.32 Å². The van der Waals surface area contributed by atoms with E-state index < -0.39 is 5.82 Å². The minimum absolute atomic E-state index is 0.204. The third kappa shape index (κ3) is 2.38. The largest absolute Gasteiger partial charge is 0.296 e. The van der Waals surface area contributed by atoms with Crippen LogP contribution >= 0.6 is 11.6 Å². The molecule has 2 amide bonds. The minimum Gasteiger partial charge on any atom is -0.296 e. The van der Waals surface area contributed by atoms with Crippen LogP contribution in [0.5, 0.6) is 0 Å². The molecule has 1 aromatic carbocycles. The predicted octanol–water partition coefficient (Wildman–Crippen LogP) is 2.64. The number of hydrogen-bond acceptors (Lipinski definition) is 2. The summed E-state index contributed by atoms with van der Waals surface area (Å²) in [6, 6.07) is 4.06. The second-order valence-corrected chi connectivity index (χ2v) is 4.81. The van der Waals surface area contributed by atoms with Crippen LogP contribution in [0.25, 0.3) is 0 Å². The second-order valence-electron chi connectivity index (χ2n) is 4.40. The summed E-state index contributed by atoms with van der Waals surface area (Å²) in [6.07, 6.45) is 0.813. The second kappa shape index (κ2) is 5.06. The van der Waals surface area contributed by atoms with Crippen LogP contribution < -0.4 is 5.32 Å². The maximum Gasteiger partial charge on any atom is 0.230 e. The first-order valence-corrected chi connectivity index (χ1v) is 6.19. The standard InChI is InChI=1S/C13H13ClFNO2/c1-2-8-10(6-12(17)16-13(8)18)9-4-3-7(15)5-11(9)14/h3-5,8,10H,2,6H2,1H3,(H,16,17,18). The van der Waals surface area contributed by atoms with Crippen molar-refractivity contribution >= 4 is 23.4 Å². The molecule has 0 aromatic heterocycles. The molecule has 0 bridgehead atoms. The van der Waals surface area contributed by atoms with Crippen molar-refractivity contribution in [2.24, 2.45) is 5.92 Å². The average Bonchev–Trinajstić information content (AvgIpc) is 2.28. The molecule has 18 heavy (non-hydrogen) atoms. The van der Waals surface area contributed by atoms with Crippen LogP contribution in [-0.4, -0.2) is 11.8 Å². The van der Waals surface area contributed by atoms with Crippen LogP contribution in [0.2, 0.25) is 5.02 Å². The third-order valence-corrected chi connectivity index (χ3v) is 3.62. The van der Waals surface area contributed by atoms with Crippen molar-refractivity contribution in [1.29, 1.82) is 0 Å². The zero-order chi connectivity index (χ0) is 13.3. The molecule has 2 unspecified atom stereocenters. The fourth-order valence-corrected chi connectivity index (χ4v) is 2.71. The first-order valence-electron chi connectivity index (χ1n) is 5.81. The summed E-state index contributed by atoms with van der Waals surface area (Å²) in [5.41, 5.74) is 0.660. The lowest BCUT2D eigenvalue weighted by Gasteiger charge is -2.30. The SMILES string of the molecule is CCC1C(=O)NC(=O)CC1c1ccc(F)cc1Cl. The van der Waals surface area contributed by atoms with Gasteiger partial charge in [-0.05, 0) is 24.1 Å². The van der Waals surface area contributed by atoms with Gasteiger partial charge in [0.15, 0.2) is 0 Å². The Bertz CT molecular complexity index is 504. The van der Waals surface area contributed by atoms with E-state index in [0.29, 0.717) is 12.0 Å². The van der Waals surface area contributed by atoms with Gasteiger partial charge < -0.3 is 0 Å². The van der Waals surface area contributed by atoms with Gasteiger partial charge in [-0.2, -0.15) is 0 Å². The zero-order valence-corrected chi connectivity index (χ0v) is 10.6. The van der Waals surface area contributed by atoms with E-state index in [1.165, 1.54) is 12.1 Å². The van der Waals surface area contributed by atoms with Gasteiger partial charge >= 0.3 is 0 Å². The molecule has 1 aliphatic heterocycles. The smallest absolute Gasteiger partial charge is 0.230 e. The third-order valence-electron chi connectivity index (χ3n) is 3.29. The molecule has 1 heterocycles. The number of hydrogen-bond donors (Lipinski definition) is 1. The number of carbonyl (C=O) groups is 2. The Morgan fingerprint density at radius 3 is 2.78 bits per heavy atom. The summed E-state index contributed by atoms with van der Waals surface area (Å²) in [5.74, 6) is -1.59. The Hall–Kier alpha value is -1.42. The Morgan fingerprint density at radius 1 is 1.44 bits per heavy atom. The van der Waals surface area contributed by atoms with Gasteiger partial charge in [-0.15, -0.1) is 0 Å². The number of imide groups is 1. The van der Waals surface area contributed by atoms with Crippen LogP contribution in [0, 0.1) is 11.7 Å². The summed E-state index contributed by atoms with van der Waals surface area (Å²) in [4.78, 5) is 23.2. The lowest BCUT2D eigenvalue weighted by Crippen LogP contribution is -2.44. The fourth-order valence-electron chi connectivity index (χ4n) is 2.40. The Morgan fingerprint density at radius 2 is 2.17 bits per heavy atom. The summed E-state index contributed by atoms with van der Waals surface area (Å²) < 4.78 is 13.0. The van der Waals surface area contributed by atoms with Gasteiger partial charge in [-0.1, -0.05) is 24.6 Å². The molecule has 96 valence electrons. The number of piperidine rings is 1. The van der Waals surface area contributed by atoms with Crippen molar-refractivity contribution in [3.05, 3.63) is 34.6 Å². The van der Waals surface area contributed by atoms with Crippen molar-refractivity contribution < 1.29 is 14.0 Å². The van der Waals surface area contributed by atoms with E-state index in [-0.39, 0.29) is 35.1 Å². The van der Waals surface area contributed by atoms with Gasteiger partial charge in [0, 0.05) is 23.3 Å². The number of nitrogens with one attached hydrogen (secondary N) is 1. The number of carbonyl (C=O) groups excluding carboxylic acids is 2. The van der Waals surface area contributed by atoms with Gasteiger partial charge in [-0.25, -0.2) is 4.39 Å². The molecule has 1 aromatic rings. The molecule has 2 atom stereocenters. The quantitative estimate of drug-likeness (QED) is 0.839. The zero-order valence-electron chi connectivity index (χ0n) is 9.87.